The van der Waals surface area contributed by atoms with Crippen LogP contribution in [0.4, 0.5) is 0 Å². The molecule has 0 saturated heterocycles. The zero-order valence-corrected chi connectivity index (χ0v) is 18.6. The highest BCUT2D eigenvalue weighted by Crippen LogP contribution is 2.37. The van der Waals surface area contributed by atoms with E-state index in [2.05, 4.69) is 109 Å². The van der Waals surface area contributed by atoms with E-state index >= 15 is 0 Å². The lowest BCUT2D eigenvalue weighted by atomic mass is 9.92. The summed E-state index contributed by atoms with van der Waals surface area (Å²) in [7, 11) is 0. The van der Waals surface area contributed by atoms with Crippen molar-refractivity contribution >= 4 is 53.9 Å². The molecule has 1 heterocycles. The quantitative estimate of drug-likeness (QED) is 0.246. The predicted molar refractivity (Wildman–Crippen MR) is 143 cm³/mol. The average molecular weight is 438 g/mol. The maximum absolute atomic E-state index is 4.81. The van der Waals surface area contributed by atoms with Crippen LogP contribution in [0.25, 0.3) is 64.2 Å². The first kappa shape index (κ1) is 18.6. The fourth-order valence-electron chi connectivity index (χ4n) is 4.89. The summed E-state index contributed by atoms with van der Waals surface area (Å²) < 4.78 is 1.23. The molecular formula is C31H19NS. The Morgan fingerprint density at radius 3 is 1.61 bits per heavy atom. The van der Waals surface area contributed by atoms with Gasteiger partial charge in [0.15, 0.2) is 0 Å². The van der Waals surface area contributed by atoms with Crippen molar-refractivity contribution in [3.8, 4) is 21.7 Å². The van der Waals surface area contributed by atoms with Crippen molar-refractivity contribution in [3.05, 3.63) is 115 Å². The van der Waals surface area contributed by atoms with E-state index < -0.39 is 0 Å². The number of thiazole rings is 1. The van der Waals surface area contributed by atoms with E-state index in [1.54, 1.807) is 11.3 Å². The van der Waals surface area contributed by atoms with Crippen LogP contribution in [0.2, 0.25) is 0 Å². The fourth-order valence-corrected chi connectivity index (χ4v) is 5.86. The minimum atomic E-state index is 1.07. The Hall–Kier alpha value is -4.01. The van der Waals surface area contributed by atoms with Crippen molar-refractivity contribution in [1.82, 2.24) is 4.98 Å². The molecule has 1 nitrogen and oxygen atoms in total. The molecule has 6 aromatic carbocycles. The SMILES string of the molecule is c1ccc2sc(-c3ccc(-c4ccc5c6ccccc6c6ccccc6c5c4)cc3)nc2c1. The highest BCUT2D eigenvalue weighted by Gasteiger charge is 2.10. The molecule has 33 heavy (non-hydrogen) atoms. The van der Waals surface area contributed by atoms with Gasteiger partial charge in [0.2, 0.25) is 0 Å². The van der Waals surface area contributed by atoms with Gasteiger partial charge in [0.25, 0.3) is 0 Å². The molecule has 0 bridgehead atoms. The zero-order chi connectivity index (χ0) is 21.8. The first-order chi connectivity index (χ1) is 16.3. The minimum Gasteiger partial charge on any atom is -0.236 e. The van der Waals surface area contributed by atoms with Crippen LogP contribution < -0.4 is 0 Å². The summed E-state index contributed by atoms with van der Waals surface area (Å²) in [6, 6.07) is 41.5. The molecule has 1 aromatic heterocycles. The summed E-state index contributed by atoms with van der Waals surface area (Å²) in [5.74, 6) is 0. The monoisotopic (exact) mass is 437 g/mol. The summed E-state index contributed by atoms with van der Waals surface area (Å²) in [5, 5.41) is 8.91. The summed E-state index contributed by atoms with van der Waals surface area (Å²) in [6.07, 6.45) is 0. The Kier molecular flexibility index (Phi) is 4.08. The Morgan fingerprint density at radius 2 is 0.939 bits per heavy atom. The number of para-hydroxylation sites is 1. The van der Waals surface area contributed by atoms with Crippen LogP contribution in [-0.2, 0) is 0 Å². The van der Waals surface area contributed by atoms with Gasteiger partial charge in [-0.2, -0.15) is 0 Å². The number of nitrogens with zero attached hydrogens (tertiary/aromatic N) is 1. The van der Waals surface area contributed by atoms with E-state index in [1.807, 2.05) is 6.07 Å². The maximum Gasteiger partial charge on any atom is 0.124 e. The fraction of sp³-hybridized carbons (Fsp3) is 0. The molecule has 0 atom stereocenters. The second-order valence-electron chi connectivity index (χ2n) is 8.42. The van der Waals surface area contributed by atoms with E-state index in [9.17, 15) is 0 Å². The first-order valence-corrected chi connectivity index (χ1v) is 12.0. The Morgan fingerprint density at radius 1 is 0.424 bits per heavy atom. The molecule has 0 radical (unpaired) electrons. The lowest BCUT2D eigenvalue weighted by Gasteiger charge is -2.12. The minimum absolute atomic E-state index is 1.07. The summed E-state index contributed by atoms with van der Waals surface area (Å²) in [6.45, 7) is 0. The summed E-state index contributed by atoms with van der Waals surface area (Å²) in [4.78, 5) is 4.81. The van der Waals surface area contributed by atoms with Gasteiger partial charge in [-0.1, -0.05) is 97.1 Å². The molecule has 0 fully saturated rings. The smallest absolute Gasteiger partial charge is 0.124 e. The third-order valence-electron chi connectivity index (χ3n) is 6.50. The molecule has 0 saturated carbocycles. The van der Waals surface area contributed by atoms with Crippen LogP contribution in [0.15, 0.2) is 115 Å². The van der Waals surface area contributed by atoms with E-state index in [1.165, 1.54) is 48.1 Å². The van der Waals surface area contributed by atoms with Crippen molar-refractivity contribution in [3.63, 3.8) is 0 Å². The average Bonchev–Trinajstić information content (AvgIpc) is 3.33. The van der Waals surface area contributed by atoms with Gasteiger partial charge in [-0.05, 0) is 61.6 Å². The molecule has 0 unspecified atom stereocenters. The third kappa shape index (κ3) is 2.95. The van der Waals surface area contributed by atoms with Gasteiger partial charge < -0.3 is 0 Å². The van der Waals surface area contributed by atoms with Crippen molar-refractivity contribution in [1.29, 1.82) is 0 Å². The second-order valence-corrected chi connectivity index (χ2v) is 9.45. The highest BCUT2D eigenvalue weighted by molar-refractivity contribution is 7.21. The van der Waals surface area contributed by atoms with Gasteiger partial charge in [0.1, 0.15) is 5.01 Å². The van der Waals surface area contributed by atoms with Crippen LogP contribution in [-0.4, -0.2) is 4.98 Å². The summed E-state index contributed by atoms with van der Waals surface area (Å²) >= 11 is 1.75. The lowest BCUT2D eigenvalue weighted by molar-refractivity contribution is 1.48. The molecular weight excluding hydrogens is 418 g/mol. The molecule has 7 rings (SSSR count). The molecule has 0 aliphatic rings. The van der Waals surface area contributed by atoms with Crippen LogP contribution >= 0.6 is 11.3 Å². The van der Waals surface area contributed by atoms with Gasteiger partial charge in [0.05, 0.1) is 10.2 Å². The molecule has 7 aromatic rings. The molecule has 2 heteroatoms. The molecule has 0 aliphatic heterocycles. The molecule has 0 amide bonds. The standard InChI is InChI=1S/C31H19NS/c1-2-9-25-23(7-1)24-8-3-4-10-26(24)28-19-22(17-18-27(25)28)20-13-15-21(16-14-20)31-32-29-11-5-6-12-30(29)33-31/h1-19H. The topological polar surface area (TPSA) is 12.9 Å². The third-order valence-corrected chi connectivity index (χ3v) is 7.59. The number of hydrogen-bond acceptors (Lipinski definition) is 2. The van der Waals surface area contributed by atoms with E-state index in [-0.39, 0.29) is 0 Å². The number of benzene rings is 6. The number of rotatable bonds is 2. The Balaban J connectivity index is 1.37. The van der Waals surface area contributed by atoms with Crippen molar-refractivity contribution in [2.75, 3.05) is 0 Å². The molecule has 0 N–H and O–H groups in total. The molecule has 154 valence electrons. The zero-order valence-electron chi connectivity index (χ0n) is 17.8. The van der Waals surface area contributed by atoms with Gasteiger partial charge >= 0.3 is 0 Å². The van der Waals surface area contributed by atoms with Gasteiger partial charge in [0, 0.05) is 5.56 Å². The van der Waals surface area contributed by atoms with E-state index in [0.717, 1.165) is 16.1 Å². The number of aromatic nitrogens is 1. The lowest BCUT2D eigenvalue weighted by Crippen LogP contribution is -1.85. The maximum atomic E-state index is 4.81. The van der Waals surface area contributed by atoms with Crippen LogP contribution in [0.1, 0.15) is 0 Å². The largest absolute Gasteiger partial charge is 0.236 e. The Bertz CT molecular complexity index is 1740. The predicted octanol–water partition coefficient (Wildman–Crippen LogP) is 9.09. The van der Waals surface area contributed by atoms with Gasteiger partial charge in [-0.15, -0.1) is 11.3 Å². The first-order valence-electron chi connectivity index (χ1n) is 11.1. The molecule has 0 aliphatic carbocycles. The van der Waals surface area contributed by atoms with Crippen LogP contribution in [0.5, 0.6) is 0 Å². The number of hydrogen-bond donors (Lipinski definition) is 0. The van der Waals surface area contributed by atoms with Crippen LogP contribution in [0.3, 0.4) is 0 Å². The van der Waals surface area contributed by atoms with E-state index in [0.29, 0.717) is 0 Å². The molecule has 0 spiro atoms. The van der Waals surface area contributed by atoms with Gasteiger partial charge in [-0.3, -0.25) is 0 Å². The van der Waals surface area contributed by atoms with Crippen LogP contribution in [0, 0.1) is 0 Å². The normalized spacial score (nSPS) is 11.6. The Labute approximate surface area is 195 Å². The number of fused-ring (bicyclic) bond motifs is 7. The van der Waals surface area contributed by atoms with Gasteiger partial charge in [-0.25, -0.2) is 4.98 Å². The van der Waals surface area contributed by atoms with Crippen molar-refractivity contribution in [2.24, 2.45) is 0 Å². The van der Waals surface area contributed by atoms with Crippen molar-refractivity contribution in [2.45, 2.75) is 0 Å². The second kappa shape index (κ2) is 7.26. The van der Waals surface area contributed by atoms with E-state index in [4.69, 9.17) is 4.98 Å². The van der Waals surface area contributed by atoms with Crippen molar-refractivity contribution < 1.29 is 0 Å². The highest BCUT2D eigenvalue weighted by atomic mass is 32.1. The summed E-state index contributed by atoms with van der Waals surface area (Å²) in [5.41, 5.74) is 4.69.